The molecule has 0 aromatic rings. The average molecular weight is 254 g/mol. The summed E-state index contributed by atoms with van der Waals surface area (Å²) in [6.07, 6.45) is 3.89. The second-order valence-corrected chi connectivity index (χ2v) is 6.44. The monoisotopic (exact) mass is 254 g/mol. The average Bonchev–Trinajstić information content (AvgIpc) is 2.30. The SMILES string of the molecule is CC(C)CNC(=O)C(C)NC1C(C)CCCC1C. The van der Waals surface area contributed by atoms with Gasteiger partial charge in [0.1, 0.15) is 0 Å². The molecule has 3 nitrogen and oxygen atoms in total. The Balaban J connectivity index is 2.42. The molecule has 3 heteroatoms. The van der Waals surface area contributed by atoms with Crippen LogP contribution in [0, 0.1) is 17.8 Å². The number of hydrogen-bond acceptors (Lipinski definition) is 2. The standard InChI is InChI=1S/C15H30N2O/c1-10(2)9-16-15(18)13(5)17-14-11(3)7-6-8-12(14)4/h10-14,17H,6-9H2,1-5H3,(H,16,18). The molecule has 1 rings (SSSR count). The minimum Gasteiger partial charge on any atom is -0.354 e. The summed E-state index contributed by atoms with van der Waals surface area (Å²) in [5, 5.41) is 6.53. The van der Waals surface area contributed by atoms with Gasteiger partial charge in [0.2, 0.25) is 5.91 Å². The highest BCUT2D eigenvalue weighted by Crippen LogP contribution is 2.29. The molecule has 0 aromatic heterocycles. The molecular weight excluding hydrogens is 224 g/mol. The van der Waals surface area contributed by atoms with Gasteiger partial charge in [-0.05, 0) is 37.5 Å². The minimum absolute atomic E-state index is 0.0863. The number of nitrogens with one attached hydrogen (secondary N) is 2. The number of hydrogen-bond donors (Lipinski definition) is 2. The third-order valence-electron chi connectivity index (χ3n) is 4.07. The van der Waals surface area contributed by atoms with E-state index in [4.69, 9.17) is 0 Å². The van der Waals surface area contributed by atoms with Crippen molar-refractivity contribution in [2.75, 3.05) is 6.54 Å². The van der Waals surface area contributed by atoms with Crippen LogP contribution in [0.3, 0.4) is 0 Å². The Morgan fingerprint density at radius 1 is 1.17 bits per heavy atom. The Bertz CT molecular complexity index is 255. The number of carbonyl (C=O) groups is 1. The Labute approximate surface area is 112 Å². The van der Waals surface area contributed by atoms with E-state index in [1.165, 1.54) is 19.3 Å². The maximum Gasteiger partial charge on any atom is 0.236 e. The van der Waals surface area contributed by atoms with E-state index in [0.29, 0.717) is 23.8 Å². The molecule has 1 aliphatic rings. The van der Waals surface area contributed by atoms with Crippen LogP contribution < -0.4 is 10.6 Å². The van der Waals surface area contributed by atoms with Crippen molar-refractivity contribution in [2.24, 2.45) is 17.8 Å². The first-order valence-electron chi connectivity index (χ1n) is 7.45. The molecule has 1 saturated carbocycles. The van der Waals surface area contributed by atoms with Gasteiger partial charge < -0.3 is 10.6 Å². The quantitative estimate of drug-likeness (QED) is 0.791. The fraction of sp³-hybridized carbons (Fsp3) is 0.933. The first kappa shape index (κ1) is 15.5. The van der Waals surface area contributed by atoms with Crippen LogP contribution in [0.2, 0.25) is 0 Å². The number of rotatable bonds is 5. The van der Waals surface area contributed by atoms with Crippen LogP contribution in [-0.2, 0) is 4.79 Å². The zero-order valence-corrected chi connectivity index (χ0v) is 12.6. The molecular formula is C15H30N2O. The molecule has 2 N–H and O–H groups in total. The summed E-state index contributed by atoms with van der Waals surface area (Å²) < 4.78 is 0. The molecule has 0 saturated heterocycles. The summed E-state index contributed by atoms with van der Waals surface area (Å²) >= 11 is 0. The van der Waals surface area contributed by atoms with Crippen molar-refractivity contribution >= 4 is 5.91 Å². The summed E-state index contributed by atoms with van der Waals surface area (Å²) in [7, 11) is 0. The van der Waals surface area contributed by atoms with E-state index in [-0.39, 0.29) is 11.9 Å². The van der Waals surface area contributed by atoms with Gasteiger partial charge in [-0.25, -0.2) is 0 Å². The highest BCUT2D eigenvalue weighted by molar-refractivity contribution is 5.81. The van der Waals surface area contributed by atoms with Crippen molar-refractivity contribution in [1.82, 2.24) is 10.6 Å². The van der Waals surface area contributed by atoms with Gasteiger partial charge in [0.05, 0.1) is 6.04 Å². The lowest BCUT2D eigenvalue weighted by Crippen LogP contribution is -2.52. The molecule has 0 spiro atoms. The Kier molecular flexibility index (Phi) is 6.13. The van der Waals surface area contributed by atoms with Crippen molar-refractivity contribution in [3.8, 4) is 0 Å². The number of carbonyl (C=O) groups excluding carboxylic acids is 1. The molecule has 106 valence electrons. The predicted octanol–water partition coefficient (Wildman–Crippen LogP) is 2.56. The molecule has 0 heterocycles. The van der Waals surface area contributed by atoms with Crippen LogP contribution >= 0.6 is 0 Å². The van der Waals surface area contributed by atoms with E-state index in [2.05, 4.69) is 38.3 Å². The molecule has 0 aliphatic heterocycles. The predicted molar refractivity (Wildman–Crippen MR) is 76.4 cm³/mol. The number of amides is 1. The first-order valence-corrected chi connectivity index (χ1v) is 7.45. The topological polar surface area (TPSA) is 41.1 Å². The van der Waals surface area contributed by atoms with Gasteiger partial charge in [-0.2, -0.15) is 0 Å². The van der Waals surface area contributed by atoms with Crippen molar-refractivity contribution < 1.29 is 4.79 Å². The first-order chi connectivity index (χ1) is 8.41. The van der Waals surface area contributed by atoms with Gasteiger partial charge in [0, 0.05) is 12.6 Å². The van der Waals surface area contributed by atoms with Gasteiger partial charge >= 0.3 is 0 Å². The largest absolute Gasteiger partial charge is 0.354 e. The summed E-state index contributed by atoms with van der Waals surface area (Å²) in [6.45, 7) is 11.6. The highest BCUT2D eigenvalue weighted by atomic mass is 16.2. The van der Waals surface area contributed by atoms with Crippen LogP contribution in [0.15, 0.2) is 0 Å². The summed E-state index contributed by atoms with van der Waals surface area (Å²) in [6, 6.07) is 0.398. The van der Waals surface area contributed by atoms with Gasteiger partial charge in [-0.1, -0.05) is 34.1 Å². The molecule has 18 heavy (non-hydrogen) atoms. The van der Waals surface area contributed by atoms with E-state index in [1.54, 1.807) is 0 Å². The summed E-state index contributed by atoms with van der Waals surface area (Å²) in [4.78, 5) is 12.0. The van der Waals surface area contributed by atoms with Crippen molar-refractivity contribution in [3.63, 3.8) is 0 Å². The van der Waals surface area contributed by atoms with Gasteiger partial charge in [0.25, 0.3) is 0 Å². The summed E-state index contributed by atoms with van der Waals surface area (Å²) in [5.41, 5.74) is 0. The van der Waals surface area contributed by atoms with Crippen molar-refractivity contribution in [3.05, 3.63) is 0 Å². The van der Waals surface area contributed by atoms with E-state index in [0.717, 1.165) is 6.54 Å². The van der Waals surface area contributed by atoms with E-state index < -0.39 is 0 Å². The fourth-order valence-electron chi connectivity index (χ4n) is 2.83. The molecule has 0 bridgehead atoms. The van der Waals surface area contributed by atoms with Crippen molar-refractivity contribution in [2.45, 2.75) is 66.0 Å². The van der Waals surface area contributed by atoms with Gasteiger partial charge in [0.15, 0.2) is 0 Å². The van der Waals surface area contributed by atoms with Crippen LogP contribution in [0.4, 0.5) is 0 Å². The molecule has 0 radical (unpaired) electrons. The van der Waals surface area contributed by atoms with Crippen LogP contribution in [0.5, 0.6) is 0 Å². The second-order valence-electron chi connectivity index (χ2n) is 6.44. The Morgan fingerprint density at radius 3 is 2.22 bits per heavy atom. The summed E-state index contributed by atoms with van der Waals surface area (Å²) in [5.74, 6) is 1.99. The van der Waals surface area contributed by atoms with Crippen LogP contribution in [0.1, 0.15) is 53.9 Å². The van der Waals surface area contributed by atoms with E-state index in [1.807, 2.05) is 6.92 Å². The van der Waals surface area contributed by atoms with Crippen molar-refractivity contribution in [1.29, 1.82) is 0 Å². The van der Waals surface area contributed by atoms with E-state index in [9.17, 15) is 4.79 Å². The Morgan fingerprint density at radius 2 is 1.72 bits per heavy atom. The van der Waals surface area contributed by atoms with Gasteiger partial charge in [-0.15, -0.1) is 0 Å². The molecule has 1 amide bonds. The lowest BCUT2D eigenvalue weighted by molar-refractivity contribution is -0.123. The zero-order chi connectivity index (χ0) is 13.7. The minimum atomic E-state index is -0.0863. The Hall–Kier alpha value is -0.570. The van der Waals surface area contributed by atoms with Crippen LogP contribution in [-0.4, -0.2) is 24.5 Å². The molecule has 3 unspecified atom stereocenters. The van der Waals surface area contributed by atoms with Crippen LogP contribution in [0.25, 0.3) is 0 Å². The van der Waals surface area contributed by atoms with Gasteiger partial charge in [-0.3, -0.25) is 4.79 Å². The second kappa shape index (κ2) is 7.13. The van der Waals surface area contributed by atoms with E-state index >= 15 is 0 Å². The third-order valence-corrected chi connectivity index (χ3v) is 4.07. The highest BCUT2D eigenvalue weighted by Gasteiger charge is 2.29. The normalized spacial score (nSPS) is 30.2. The molecule has 0 aromatic carbocycles. The molecule has 1 aliphatic carbocycles. The fourth-order valence-corrected chi connectivity index (χ4v) is 2.83. The smallest absolute Gasteiger partial charge is 0.236 e. The maximum absolute atomic E-state index is 12.0. The maximum atomic E-state index is 12.0. The molecule has 3 atom stereocenters. The molecule has 1 fully saturated rings. The lowest BCUT2D eigenvalue weighted by atomic mass is 9.78. The third kappa shape index (κ3) is 4.60. The lowest BCUT2D eigenvalue weighted by Gasteiger charge is -2.37. The zero-order valence-electron chi connectivity index (χ0n) is 12.6.